The zero-order valence-corrected chi connectivity index (χ0v) is 6.66. The van der Waals surface area contributed by atoms with Gasteiger partial charge in [0.15, 0.2) is 0 Å². The summed E-state index contributed by atoms with van der Waals surface area (Å²) < 4.78 is 5.42. The molecule has 0 unspecified atom stereocenters. The summed E-state index contributed by atoms with van der Waals surface area (Å²) in [6.07, 6.45) is 0.703. The van der Waals surface area contributed by atoms with Crippen molar-refractivity contribution in [1.82, 2.24) is 0 Å². The molecule has 0 amide bonds. The molecule has 2 N–H and O–H groups in total. The molecular formula is C9H10N2O. The number of hydrogen-bond acceptors (Lipinski definition) is 3. The Morgan fingerprint density at radius 1 is 1.33 bits per heavy atom. The van der Waals surface area contributed by atoms with Crippen LogP contribution in [0.1, 0.15) is 6.42 Å². The maximum atomic E-state index is 5.62. The molecule has 0 aromatic heterocycles. The number of rotatable bonds is 0. The first-order chi connectivity index (χ1) is 5.86. The van der Waals surface area contributed by atoms with E-state index in [0.717, 1.165) is 11.4 Å². The fraction of sp³-hybridized carbons (Fsp3) is 0.222. The number of amidine groups is 1. The minimum atomic E-state index is 0.617. The molecule has 62 valence electrons. The summed E-state index contributed by atoms with van der Waals surface area (Å²) in [5.41, 5.74) is 6.45. The molecule has 1 aliphatic heterocycles. The van der Waals surface area contributed by atoms with Gasteiger partial charge in [-0.2, -0.15) is 0 Å². The van der Waals surface area contributed by atoms with Crippen molar-refractivity contribution in [3.05, 3.63) is 24.3 Å². The van der Waals surface area contributed by atoms with E-state index in [-0.39, 0.29) is 0 Å². The molecule has 3 nitrogen and oxygen atoms in total. The number of para-hydroxylation sites is 2. The predicted octanol–water partition coefficient (Wildman–Crippen LogP) is 1.46. The Hall–Kier alpha value is -1.51. The van der Waals surface area contributed by atoms with E-state index >= 15 is 0 Å². The topological polar surface area (TPSA) is 47.6 Å². The molecule has 3 heteroatoms. The van der Waals surface area contributed by atoms with Gasteiger partial charge in [0.2, 0.25) is 0 Å². The lowest BCUT2D eigenvalue weighted by molar-refractivity contribution is 0.333. The quantitative estimate of drug-likeness (QED) is 0.627. The Bertz CT molecular complexity index is 320. The van der Waals surface area contributed by atoms with Gasteiger partial charge >= 0.3 is 0 Å². The summed E-state index contributed by atoms with van der Waals surface area (Å²) in [5, 5.41) is 0. The number of hydrogen-bond donors (Lipinski definition) is 1. The molecule has 12 heavy (non-hydrogen) atoms. The maximum Gasteiger partial charge on any atom is 0.144 e. The van der Waals surface area contributed by atoms with Crippen molar-refractivity contribution in [2.45, 2.75) is 6.42 Å². The molecule has 1 heterocycles. The zero-order valence-electron chi connectivity index (χ0n) is 6.66. The molecule has 0 fully saturated rings. The smallest absolute Gasteiger partial charge is 0.144 e. The highest BCUT2D eigenvalue weighted by Crippen LogP contribution is 2.28. The first-order valence-corrected chi connectivity index (χ1v) is 3.91. The minimum absolute atomic E-state index is 0.617. The highest BCUT2D eigenvalue weighted by Gasteiger charge is 2.06. The van der Waals surface area contributed by atoms with E-state index in [1.54, 1.807) is 0 Å². The van der Waals surface area contributed by atoms with E-state index in [1.807, 2.05) is 24.3 Å². The zero-order chi connectivity index (χ0) is 8.39. The number of nitrogens with zero attached hydrogens (tertiary/aromatic N) is 1. The van der Waals surface area contributed by atoms with Gasteiger partial charge in [0.25, 0.3) is 0 Å². The summed E-state index contributed by atoms with van der Waals surface area (Å²) in [4.78, 5) is 4.21. The van der Waals surface area contributed by atoms with Crippen LogP contribution >= 0.6 is 0 Å². The third-order valence-corrected chi connectivity index (χ3v) is 1.75. The van der Waals surface area contributed by atoms with Gasteiger partial charge < -0.3 is 10.5 Å². The van der Waals surface area contributed by atoms with Gasteiger partial charge in [-0.15, -0.1) is 0 Å². The van der Waals surface area contributed by atoms with Crippen LogP contribution in [0, 0.1) is 0 Å². The van der Waals surface area contributed by atoms with Crippen LogP contribution in [-0.2, 0) is 0 Å². The maximum absolute atomic E-state index is 5.62. The Balaban J connectivity index is 2.47. The monoisotopic (exact) mass is 162 g/mol. The third kappa shape index (κ3) is 1.25. The number of ether oxygens (including phenoxy) is 1. The average Bonchev–Trinajstić information content (AvgIpc) is 2.25. The van der Waals surface area contributed by atoms with Crippen molar-refractivity contribution >= 4 is 11.5 Å². The lowest BCUT2D eigenvalue weighted by atomic mass is 10.3. The van der Waals surface area contributed by atoms with Crippen molar-refractivity contribution in [2.75, 3.05) is 6.61 Å². The minimum Gasteiger partial charge on any atom is -0.491 e. The molecule has 0 atom stereocenters. The van der Waals surface area contributed by atoms with Crippen molar-refractivity contribution in [3.8, 4) is 5.75 Å². The van der Waals surface area contributed by atoms with Gasteiger partial charge in [-0.1, -0.05) is 12.1 Å². The van der Waals surface area contributed by atoms with E-state index in [2.05, 4.69) is 4.99 Å². The van der Waals surface area contributed by atoms with E-state index in [4.69, 9.17) is 10.5 Å². The first-order valence-electron chi connectivity index (χ1n) is 3.91. The third-order valence-electron chi connectivity index (χ3n) is 1.75. The van der Waals surface area contributed by atoms with Crippen LogP contribution in [-0.4, -0.2) is 12.4 Å². The molecule has 0 saturated carbocycles. The summed E-state index contributed by atoms with van der Waals surface area (Å²) >= 11 is 0. The van der Waals surface area contributed by atoms with Crippen LogP contribution in [0.2, 0.25) is 0 Å². The molecule has 2 rings (SSSR count). The highest BCUT2D eigenvalue weighted by atomic mass is 16.5. The normalized spacial score (nSPS) is 15.5. The first kappa shape index (κ1) is 7.16. The van der Waals surface area contributed by atoms with E-state index in [0.29, 0.717) is 18.9 Å². The molecular weight excluding hydrogens is 152 g/mol. The lowest BCUT2D eigenvalue weighted by Gasteiger charge is -2.02. The standard InChI is InChI=1S/C9H10N2O/c10-9-5-6-12-8-4-2-1-3-7(8)11-9/h1-4H,5-6H2,(H2,10,11). The van der Waals surface area contributed by atoms with Crippen LogP contribution < -0.4 is 10.5 Å². The second kappa shape index (κ2) is 2.85. The van der Waals surface area contributed by atoms with Crippen LogP contribution in [0.4, 0.5) is 5.69 Å². The SMILES string of the molecule is NC1=Nc2ccccc2OCC1. The fourth-order valence-corrected chi connectivity index (χ4v) is 1.15. The van der Waals surface area contributed by atoms with E-state index in [9.17, 15) is 0 Å². The molecule has 0 aliphatic carbocycles. The van der Waals surface area contributed by atoms with Gasteiger partial charge in [0.1, 0.15) is 17.3 Å². The highest BCUT2D eigenvalue weighted by molar-refractivity contribution is 5.84. The predicted molar refractivity (Wildman–Crippen MR) is 47.8 cm³/mol. The van der Waals surface area contributed by atoms with Crippen molar-refractivity contribution in [3.63, 3.8) is 0 Å². The van der Waals surface area contributed by atoms with E-state index in [1.165, 1.54) is 0 Å². The molecule has 0 radical (unpaired) electrons. The number of nitrogens with two attached hydrogens (primary N) is 1. The summed E-state index contributed by atoms with van der Waals surface area (Å²) in [5.74, 6) is 1.46. The van der Waals surface area contributed by atoms with Gasteiger partial charge in [-0.3, -0.25) is 0 Å². The molecule has 1 aliphatic rings. The Labute approximate surface area is 70.9 Å². The van der Waals surface area contributed by atoms with Crippen molar-refractivity contribution in [2.24, 2.45) is 10.7 Å². The van der Waals surface area contributed by atoms with Crippen molar-refractivity contribution < 1.29 is 4.74 Å². The van der Waals surface area contributed by atoms with Gasteiger partial charge in [-0.05, 0) is 12.1 Å². The Morgan fingerprint density at radius 3 is 3.08 bits per heavy atom. The Kier molecular flexibility index (Phi) is 1.70. The van der Waals surface area contributed by atoms with E-state index < -0.39 is 0 Å². The summed E-state index contributed by atoms with van der Waals surface area (Å²) in [6.45, 7) is 0.617. The van der Waals surface area contributed by atoms with Crippen LogP contribution in [0.3, 0.4) is 0 Å². The van der Waals surface area contributed by atoms with Crippen LogP contribution in [0.5, 0.6) is 5.75 Å². The molecule has 0 bridgehead atoms. The summed E-state index contributed by atoms with van der Waals surface area (Å²) in [7, 11) is 0. The fourth-order valence-electron chi connectivity index (χ4n) is 1.15. The van der Waals surface area contributed by atoms with Gasteiger partial charge in [-0.25, -0.2) is 4.99 Å². The second-order valence-electron chi connectivity index (χ2n) is 2.67. The van der Waals surface area contributed by atoms with Crippen LogP contribution in [0.25, 0.3) is 0 Å². The molecule has 1 aromatic rings. The number of benzene rings is 1. The molecule has 1 aromatic carbocycles. The average molecular weight is 162 g/mol. The number of aliphatic imine (C=N–C) groups is 1. The van der Waals surface area contributed by atoms with Gasteiger partial charge in [0.05, 0.1) is 6.61 Å². The van der Waals surface area contributed by atoms with Crippen LogP contribution in [0.15, 0.2) is 29.3 Å². The molecule has 0 saturated heterocycles. The largest absolute Gasteiger partial charge is 0.491 e. The van der Waals surface area contributed by atoms with Crippen molar-refractivity contribution in [1.29, 1.82) is 0 Å². The lowest BCUT2D eigenvalue weighted by Crippen LogP contribution is -2.13. The molecule has 0 spiro atoms. The van der Waals surface area contributed by atoms with Gasteiger partial charge in [0, 0.05) is 6.42 Å². The number of fused-ring (bicyclic) bond motifs is 1. The summed E-state index contributed by atoms with van der Waals surface area (Å²) in [6, 6.07) is 7.64. The second-order valence-corrected chi connectivity index (χ2v) is 2.67. The Morgan fingerprint density at radius 2 is 2.17 bits per heavy atom.